The van der Waals surface area contributed by atoms with Crippen molar-refractivity contribution in [2.45, 2.75) is 62.6 Å². The number of ether oxygens (including phenoxy) is 1. The maximum absolute atomic E-state index is 13.0. The molecule has 1 aromatic carbocycles. The molecule has 3 atom stereocenters. The molecule has 1 aliphatic carbocycles. The zero-order valence-electron chi connectivity index (χ0n) is 18.6. The van der Waals surface area contributed by atoms with Crippen LogP contribution in [0.4, 0.5) is 4.79 Å². The van der Waals surface area contributed by atoms with Gasteiger partial charge in [0.15, 0.2) is 0 Å². The number of nitrogens with zero attached hydrogens (tertiary/aromatic N) is 2. The fourth-order valence-electron chi connectivity index (χ4n) is 5.46. The molecule has 31 heavy (non-hydrogen) atoms. The Labute approximate surface area is 185 Å². The Balaban J connectivity index is 1.47. The molecule has 168 valence electrons. The summed E-state index contributed by atoms with van der Waals surface area (Å²) in [7, 11) is 1.64. The van der Waals surface area contributed by atoms with E-state index in [0.717, 1.165) is 50.9 Å². The molecule has 0 radical (unpaired) electrons. The summed E-state index contributed by atoms with van der Waals surface area (Å²) in [6.45, 7) is 3.09. The SMILES string of the molecule is COCC#Cc1ccc([C@H]2[C@H](CO)N3CCCCN(C(=O)NC4CCCC4)C[C@@H]23)cc1. The minimum absolute atomic E-state index is 0.0868. The van der Waals surface area contributed by atoms with Gasteiger partial charge >= 0.3 is 6.03 Å². The number of hydrogen-bond acceptors (Lipinski definition) is 4. The van der Waals surface area contributed by atoms with Gasteiger partial charge in [-0.25, -0.2) is 4.79 Å². The van der Waals surface area contributed by atoms with E-state index in [-0.39, 0.29) is 30.6 Å². The molecule has 2 heterocycles. The van der Waals surface area contributed by atoms with E-state index in [9.17, 15) is 9.90 Å². The first-order valence-corrected chi connectivity index (χ1v) is 11.7. The molecule has 4 rings (SSSR count). The Bertz CT molecular complexity index is 794. The molecule has 2 amide bonds. The van der Waals surface area contributed by atoms with Gasteiger partial charge in [-0.3, -0.25) is 4.90 Å². The largest absolute Gasteiger partial charge is 0.395 e. The molecule has 1 aromatic rings. The van der Waals surface area contributed by atoms with Crippen LogP contribution < -0.4 is 5.32 Å². The second-order valence-electron chi connectivity index (χ2n) is 9.02. The van der Waals surface area contributed by atoms with Gasteiger partial charge < -0.3 is 20.1 Å². The van der Waals surface area contributed by atoms with Crippen molar-refractivity contribution in [1.29, 1.82) is 0 Å². The highest BCUT2D eigenvalue weighted by Crippen LogP contribution is 2.42. The number of urea groups is 1. The van der Waals surface area contributed by atoms with Gasteiger partial charge in [0.1, 0.15) is 6.61 Å². The van der Waals surface area contributed by atoms with E-state index in [1.165, 1.54) is 18.4 Å². The van der Waals surface area contributed by atoms with Crippen LogP contribution in [0.1, 0.15) is 55.6 Å². The third kappa shape index (κ3) is 5.06. The summed E-state index contributed by atoms with van der Waals surface area (Å²) in [6.07, 6.45) is 6.70. The summed E-state index contributed by atoms with van der Waals surface area (Å²) in [5.41, 5.74) is 2.18. The molecular weight excluding hydrogens is 390 g/mol. The summed E-state index contributed by atoms with van der Waals surface area (Å²) < 4.78 is 4.99. The summed E-state index contributed by atoms with van der Waals surface area (Å²) in [5.74, 6) is 6.32. The van der Waals surface area contributed by atoms with Crippen LogP contribution in [0.5, 0.6) is 0 Å². The lowest BCUT2D eigenvalue weighted by molar-refractivity contribution is -0.0591. The number of carbonyl (C=O) groups excluding carboxylic acids is 1. The number of amides is 2. The topological polar surface area (TPSA) is 65.0 Å². The lowest BCUT2D eigenvalue weighted by Gasteiger charge is -2.57. The van der Waals surface area contributed by atoms with Gasteiger partial charge in [0.2, 0.25) is 0 Å². The summed E-state index contributed by atoms with van der Waals surface area (Å²) in [5, 5.41) is 13.4. The average Bonchev–Trinajstić information content (AvgIpc) is 3.27. The maximum atomic E-state index is 13.0. The van der Waals surface area contributed by atoms with Crippen LogP contribution in [0.15, 0.2) is 24.3 Å². The Morgan fingerprint density at radius 2 is 1.90 bits per heavy atom. The number of nitrogens with one attached hydrogen (secondary N) is 1. The van der Waals surface area contributed by atoms with Crippen molar-refractivity contribution in [3.8, 4) is 11.8 Å². The summed E-state index contributed by atoms with van der Waals surface area (Å²) in [6, 6.07) is 9.13. The van der Waals surface area contributed by atoms with Crippen molar-refractivity contribution in [1.82, 2.24) is 15.1 Å². The first-order valence-electron chi connectivity index (χ1n) is 11.7. The molecule has 6 heteroatoms. The van der Waals surface area contributed by atoms with Crippen molar-refractivity contribution in [2.75, 3.05) is 40.0 Å². The lowest BCUT2D eigenvalue weighted by atomic mass is 9.74. The van der Waals surface area contributed by atoms with Crippen molar-refractivity contribution in [3.05, 3.63) is 35.4 Å². The molecule has 2 aliphatic heterocycles. The molecule has 2 N–H and O–H groups in total. The Hall–Kier alpha value is -2.07. The lowest BCUT2D eigenvalue weighted by Crippen LogP contribution is -2.68. The van der Waals surface area contributed by atoms with E-state index in [2.05, 4.69) is 34.2 Å². The van der Waals surface area contributed by atoms with E-state index in [0.29, 0.717) is 12.6 Å². The van der Waals surface area contributed by atoms with Crippen molar-refractivity contribution in [3.63, 3.8) is 0 Å². The highest BCUT2D eigenvalue weighted by atomic mass is 16.5. The van der Waals surface area contributed by atoms with E-state index in [1.54, 1.807) is 7.11 Å². The molecule has 1 saturated carbocycles. The van der Waals surface area contributed by atoms with Crippen molar-refractivity contribution < 1.29 is 14.6 Å². The Morgan fingerprint density at radius 1 is 1.16 bits per heavy atom. The predicted molar refractivity (Wildman–Crippen MR) is 121 cm³/mol. The average molecular weight is 426 g/mol. The zero-order valence-corrected chi connectivity index (χ0v) is 18.6. The number of aliphatic hydroxyl groups is 1. The van der Waals surface area contributed by atoms with Crippen LogP contribution in [0, 0.1) is 11.8 Å². The van der Waals surface area contributed by atoms with E-state index < -0.39 is 0 Å². The minimum atomic E-state index is 0.0868. The fourth-order valence-corrected chi connectivity index (χ4v) is 5.46. The number of methoxy groups -OCH3 is 1. The number of hydrogen-bond donors (Lipinski definition) is 2. The quantitative estimate of drug-likeness (QED) is 0.728. The van der Waals surface area contributed by atoms with Crippen LogP contribution in [-0.4, -0.2) is 79.0 Å². The van der Waals surface area contributed by atoms with Gasteiger partial charge in [0.25, 0.3) is 0 Å². The smallest absolute Gasteiger partial charge is 0.317 e. The van der Waals surface area contributed by atoms with E-state index in [1.807, 2.05) is 17.0 Å². The van der Waals surface area contributed by atoms with Gasteiger partial charge in [0.05, 0.1) is 6.61 Å². The molecular formula is C25H35N3O3. The third-order valence-corrected chi connectivity index (χ3v) is 7.08. The highest BCUT2D eigenvalue weighted by molar-refractivity contribution is 5.74. The molecule has 2 saturated heterocycles. The number of aliphatic hydroxyl groups excluding tert-OH is 1. The first kappa shape index (κ1) is 22.1. The van der Waals surface area contributed by atoms with Crippen LogP contribution in [-0.2, 0) is 4.74 Å². The van der Waals surface area contributed by atoms with Gasteiger partial charge in [-0.1, -0.05) is 36.8 Å². The second kappa shape index (κ2) is 10.5. The Kier molecular flexibility index (Phi) is 7.49. The van der Waals surface area contributed by atoms with Gasteiger partial charge in [-0.15, -0.1) is 0 Å². The minimum Gasteiger partial charge on any atom is -0.395 e. The van der Waals surface area contributed by atoms with Crippen molar-refractivity contribution in [2.24, 2.45) is 0 Å². The number of fused-ring (bicyclic) bond motifs is 1. The van der Waals surface area contributed by atoms with E-state index in [4.69, 9.17) is 4.74 Å². The molecule has 0 spiro atoms. The molecule has 6 nitrogen and oxygen atoms in total. The van der Waals surface area contributed by atoms with E-state index >= 15 is 0 Å². The van der Waals surface area contributed by atoms with Crippen LogP contribution >= 0.6 is 0 Å². The normalized spacial score (nSPS) is 26.8. The third-order valence-electron chi connectivity index (χ3n) is 7.08. The fraction of sp³-hybridized carbons (Fsp3) is 0.640. The Morgan fingerprint density at radius 3 is 2.61 bits per heavy atom. The number of rotatable bonds is 4. The molecule has 3 fully saturated rings. The van der Waals surface area contributed by atoms with Gasteiger partial charge in [-0.05, 0) is 49.9 Å². The molecule has 3 aliphatic rings. The van der Waals surface area contributed by atoms with Crippen molar-refractivity contribution >= 4 is 6.03 Å². The molecule has 0 bridgehead atoms. The first-order chi connectivity index (χ1) is 15.2. The van der Waals surface area contributed by atoms with Gasteiger partial charge in [-0.2, -0.15) is 0 Å². The molecule has 0 aromatic heterocycles. The van der Waals surface area contributed by atoms with Crippen LogP contribution in [0.3, 0.4) is 0 Å². The number of carbonyl (C=O) groups is 1. The highest BCUT2D eigenvalue weighted by Gasteiger charge is 2.49. The predicted octanol–water partition coefficient (Wildman–Crippen LogP) is 2.56. The summed E-state index contributed by atoms with van der Waals surface area (Å²) >= 11 is 0. The molecule has 0 unspecified atom stereocenters. The van der Waals surface area contributed by atoms with Crippen LogP contribution in [0.2, 0.25) is 0 Å². The zero-order chi connectivity index (χ0) is 21.6. The van der Waals surface area contributed by atoms with Crippen LogP contribution in [0.25, 0.3) is 0 Å². The second-order valence-corrected chi connectivity index (χ2v) is 9.02. The standard InChI is InChI=1S/C25H35N3O3/c1-31-16-6-7-19-10-12-20(13-11-19)24-22-17-27(25(30)26-21-8-2-3-9-21)14-4-5-15-28(22)23(24)18-29/h10-13,21-24,29H,2-5,8-9,14-18H2,1H3,(H,26,30)/t22-,23-,24+/m0/s1. The number of benzene rings is 1. The monoisotopic (exact) mass is 425 g/mol. The maximum Gasteiger partial charge on any atom is 0.317 e. The summed E-state index contributed by atoms with van der Waals surface area (Å²) in [4.78, 5) is 17.4. The van der Waals surface area contributed by atoms with Gasteiger partial charge in [0, 0.05) is 49.8 Å².